The van der Waals surface area contributed by atoms with Crippen molar-refractivity contribution in [2.45, 2.75) is 39.3 Å². The fourth-order valence-corrected chi connectivity index (χ4v) is 3.87. The summed E-state index contributed by atoms with van der Waals surface area (Å²) in [6.45, 7) is 5.49. The number of para-hydroxylation sites is 1. The average Bonchev–Trinajstić information content (AvgIpc) is 3.30. The number of carbonyl (C=O) groups is 3. The Morgan fingerprint density at radius 1 is 1.17 bits per heavy atom. The second-order valence-electron chi connectivity index (χ2n) is 7.37. The minimum absolute atomic E-state index is 0.0641. The number of aromatic nitrogens is 1. The van der Waals surface area contributed by atoms with Crippen molar-refractivity contribution in [3.63, 3.8) is 0 Å². The molecule has 7 heteroatoms. The molecule has 0 spiro atoms. The van der Waals surface area contributed by atoms with Crippen LogP contribution in [0.4, 0.5) is 10.5 Å². The van der Waals surface area contributed by atoms with Crippen LogP contribution in [-0.4, -0.2) is 35.1 Å². The molecule has 0 unspecified atom stereocenters. The topological polar surface area (TPSA) is 80.6 Å². The van der Waals surface area contributed by atoms with Gasteiger partial charge < -0.3 is 9.30 Å². The lowest BCUT2D eigenvalue weighted by atomic mass is 10.1. The third kappa shape index (κ3) is 3.61. The van der Waals surface area contributed by atoms with Gasteiger partial charge >= 0.3 is 6.03 Å². The Kier molecular flexibility index (Phi) is 5.07. The molecule has 2 saturated heterocycles. The van der Waals surface area contributed by atoms with Crippen LogP contribution in [0.3, 0.4) is 0 Å². The molecule has 0 bridgehead atoms. The highest BCUT2D eigenvalue weighted by molar-refractivity contribution is 6.39. The van der Waals surface area contributed by atoms with Crippen molar-refractivity contribution in [1.82, 2.24) is 9.88 Å². The van der Waals surface area contributed by atoms with E-state index in [1.54, 1.807) is 36.4 Å². The maximum atomic E-state index is 13.0. The molecule has 2 aliphatic heterocycles. The number of amides is 4. The van der Waals surface area contributed by atoms with Gasteiger partial charge in [0.15, 0.2) is 0 Å². The van der Waals surface area contributed by atoms with Crippen molar-refractivity contribution in [2.24, 2.45) is 0 Å². The number of rotatable bonds is 4. The standard InChI is InChI=1S/C22H23N3O4/c1-14-11-16(15(2)24(14)13-18-9-6-10-29-18)12-19-20(26)23-22(28)25(21(19)27)17-7-4-3-5-8-17/h3-5,7-8,11-12,18H,6,9-10,13H2,1-2H3,(H,23,26,28)/b19-12+/t18-/m0/s1. The van der Waals surface area contributed by atoms with Crippen molar-refractivity contribution < 1.29 is 19.1 Å². The van der Waals surface area contributed by atoms with E-state index in [1.807, 2.05) is 19.9 Å². The van der Waals surface area contributed by atoms with E-state index in [9.17, 15) is 14.4 Å². The van der Waals surface area contributed by atoms with Crippen LogP contribution in [0.5, 0.6) is 0 Å². The van der Waals surface area contributed by atoms with Crippen LogP contribution < -0.4 is 10.2 Å². The molecule has 1 aromatic heterocycles. The highest BCUT2D eigenvalue weighted by atomic mass is 16.5. The Bertz CT molecular complexity index is 1000. The molecule has 3 heterocycles. The molecule has 4 amide bonds. The van der Waals surface area contributed by atoms with Crippen LogP contribution in [0.2, 0.25) is 0 Å². The van der Waals surface area contributed by atoms with E-state index in [4.69, 9.17) is 4.74 Å². The summed E-state index contributed by atoms with van der Waals surface area (Å²) in [6, 6.07) is 9.76. The quantitative estimate of drug-likeness (QED) is 0.640. The second-order valence-corrected chi connectivity index (χ2v) is 7.37. The predicted molar refractivity (Wildman–Crippen MR) is 108 cm³/mol. The zero-order valence-corrected chi connectivity index (χ0v) is 16.5. The highest BCUT2D eigenvalue weighted by Crippen LogP contribution is 2.25. The number of benzene rings is 1. The summed E-state index contributed by atoms with van der Waals surface area (Å²) >= 11 is 0. The zero-order valence-electron chi connectivity index (χ0n) is 16.5. The number of nitrogens with one attached hydrogen (secondary N) is 1. The van der Waals surface area contributed by atoms with E-state index in [0.717, 1.165) is 47.8 Å². The molecule has 1 atom stereocenters. The Labute approximate surface area is 168 Å². The van der Waals surface area contributed by atoms with Crippen molar-refractivity contribution in [3.05, 3.63) is 58.9 Å². The fraction of sp³-hybridized carbons (Fsp3) is 0.318. The van der Waals surface area contributed by atoms with Gasteiger partial charge in [0.05, 0.1) is 11.8 Å². The lowest BCUT2D eigenvalue weighted by Crippen LogP contribution is -2.54. The Morgan fingerprint density at radius 3 is 2.62 bits per heavy atom. The summed E-state index contributed by atoms with van der Waals surface area (Å²) in [5.41, 5.74) is 3.11. The van der Waals surface area contributed by atoms with Crippen LogP contribution >= 0.6 is 0 Å². The predicted octanol–water partition coefficient (Wildman–Crippen LogP) is 2.95. The van der Waals surface area contributed by atoms with Crippen LogP contribution in [0.1, 0.15) is 29.8 Å². The van der Waals surface area contributed by atoms with Gasteiger partial charge in [0, 0.05) is 24.5 Å². The summed E-state index contributed by atoms with van der Waals surface area (Å²) in [6.07, 6.45) is 3.85. The number of hydrogen-bond donors (Lipinski definition) is 1. The molecule has 0 radical (unpaired) electrons. The molecular formula is C22H23N3O4. The SMILES string of the molecule is Cc1cc(/C=C2\C(=O)NC(=O)N(c3ccccc3)C2=O)c(C)n1C[C@@H]1CCCO1. The van der Waals surface area contributed by atoms with Crippen LogP contribution in [0.25, 0.3) is 6.08 Å². The molecule has 2 aromatic rings. The first kappa shape index (κ1) is 19.1. The van der Waals surface area contributed by atoms with Crippen molar-refractivity contribution in [3.8, 4) is 0 Å². The van der Waals surface area contributed by atoms with Crippen LogP contribution in [0.15, 0.2) is 42.0 Å². The van der Waals surface area contributed by atoms with E-state index in [-0.39, 0.29) is 11.7 Å². The van der Waals surface area contributed by atoms with Gasteiger partial charge in [-0.25, -0.2) is 9.69 Å². The lowest BCUT2D eigenvalue weighted by Gasteiger charge is -2.26. The molecule has 1 N–H and O–H groups in total. The minimum Gasteiger partial charge on any atom is -0.376 e. The molecule has 2 fully saturated rings. The molecule has 4 rings (SSSR count). The number of carbonyl (C=O) groups excluding carboxylic acids is 3. The summed E-state index contributed by atoms with van der Waals surface area (Å²) in [5, 5.41) is 2.26. The summed E-state index contributed by atoms with van der Waals surface area (Å²) in [4.78, 5) is 38.6. The third-order valence-corrected chi connectivity index (χ3v) is 5.44. The highest BCUT2D eigenvalue weighted by Gasteiger charge is 2.37. The van der Waals surface area contributed by atoms with Gasteiger partial charge in [-0.1, -0.05) is 18.2 Å². The number of barbiturate groups is 1. The van der Waals surface area contributed by atoms with Crippen molar-refractivity contribution in [1.29, 1.82) is 0 Å². The van der Waals surface area contributed by atoms with Gasteiger partial charge in [-0.15, -0.1) is 0 Å². The molecule has 0 saturated carbocycles. The van der Waals surface area contributed by atoms with Gasteiger partial charge in [0.25, 0.3) is 11.8 Å². The van der Waals surface area contributed by atoms with Gasteiger partial charge in [0.1, 0.15) is 5.57 Å². The fourth-order valence-electron chi connectivity index (χ4n) is 3.87. The normalized spacial score (nSPS) is 21.2. The summed E-state index contributed by atoms with van der Waals surface area (Å²) < 4.78 is 7.88. The van der Waals surface area contributed by atoms with Gasteiger partial charge in [-0.3, -0.25) is 14.9 Å². The number of nitrogens with zero attached hydrogens (tertiary/aromatic N) is 2. The summed E-state index contributed by atoms with van der Waals surface area (Å²) in [7, 11) is 0. The van der Waals surface area contributed by atoms with E-state index < -0.39 is 17.8 Å². The molecule has 7 nitrogen and oxygen atoms in total. The zero-order chi connectivity index (χ0) is 20.5. The smallest absolute Gasteiger partial charge is 0.335 e. The first-order chi connectivity index (χ1) is 14.0. The molecule has 2 aliphatic rings. The number of anilines is 1. The van der Waals surface area contributed by atoms with E-state index >= 15 is 0 Å². The van der Waals surface area contributed by atoms with Gasteiger partial charge in [-0.2, -0.15) is 0 Å². The summed E-state index contributed by atoms with van der Waals surface area (Å²) in [5.74, 6) is -1.31. The number of hydrogen-bond acceptors (Lipinski definition) is 4. The van der Waals surface area contributed by atoms with E-state index in [0.29, 0.717) is 5.69 Å². The molecule has 0 aliphatic carbocycles. The van der Waals surface area contributed by atoms with Gasteiger partial charge in [-0.05, 0) is 56.5 Å². The van der Waals surface area contributed by atoms with Crippen molar-refractivity contribution in [2.75, 3.05) is 11.5 Å². The number of aryl methyl sites for hydroxylation is 1. The second kappa shape index (κ2) is 7.67. The Morgan fingerprint density at radius 2 is 1.93 bits per heavy atom. The number of imide groups is 2. The first-order valence-corrected chi connectivity index (χ1v) is 9.70. The molecule has 1 aromatic carbocycles. The Hall–Kier alpha value is -3.19. The van der Waals surface area contributed by atoms with E-state index in [1.165, 1.54) is 0 Å². The third-order valence-electron chi connectivity index (χ3n) is 5.44. The minimum atomic E-state index is -0.743. The molecular weight excluding hydrogens is 370 g/mol. The number of ether oxygens (including phenoxy) is 1. The van der Waals surface area contributed by atoms with Crippen LogP contribution in [0, 0.1) is 13.8 Å². The van der Waals surface area contributed by atoms with Gasteiger partial charge in [0.2, 0.25) is 0 Å². The number of urea groups is 1. The first-order valence-electron chi connectivity index (χ1n) is 9.70. The Balaban J connectivity index is 1.67. The average molecular weight is 393 g/mol. The lowest BCUT2D eigenvalue weighted by molar-refractivity contribution is -0.122. The monoisotopic (exact) mass is 393 g/mol. The van der Waals surface area contributed by atoms with Crippen molar-refractivity contribution >= 4 is 29.6 Å². The maximum absolute atomic E-state index is 13.0. The van der Waals surface area contributed by atoms with E-state index in [2.05, 4.69) is 9.88 Å². The van der Waals surface area contributed by atoms with Crippen LogP contribution in [-0.2, 0) is 20.9 Å². The largest absolute Gasteiger partial charge is 0.376 e. The maximum Gasteiger partial charge on any atom is 0.335 e. The molecule has 150 valence electrons. The molecule has 29 heavy (non-hydrogen) atoms.